The van der Waals surface area contributed by atoms with Crippen molar-refractivity contribution in [1.82, 2.24) is 15.0 Å². The molecule has 1 amide bonds. The van der Waals surface area contributed by atoms with Gasteiger partial charge in [0.15, 0.2) is 0 Å². The van der Waals surface area contributed by atoms with E-state index < -0.39 is 0 Å². The van der Waals surface area contributed by atoms with Crippen LogP contribution in [0.5, 0.6) is 5.88 Å². The summed E-state index contributed by atoms with van der Waals surface area (Å²) >= 11 is 0. The Labute approximate surface area is 105 Å². The monoisotopic (exact) mass is 251 g/mol. The van der Waals surface area contributed by atoms with Crippen molar-refractivity contribution in [3.8, 4) is 5.88 Å². The fourth-order valence-corrected chi connectivity index (χ4v) is 2.94. The highest BCUT2D eigenvalue weighted by atomic mass is 16.5. The summed E-state index contributed by atoms with van der Waals surface area (Å²) in [6.45, 7) is 3.84. The normalized spacial score (nSPS) is 22.2. The average Bonchev–Trinajstić information content (AvgIpc) is 2.92. The number of carbonyl (C=O) groups is 1. The Morgan fingerprint density at radius 2 is 2.28 bits per heavy atom. The van der Waals surface area contributed by atoms with E-state index in [2.05, 4.69) is 17.1 Å². The number of ether oxygens (including phenoxy) is 1. The Morgan fingerprint density at radius 3 is 2.83 bits per heavy atom. The Balaban J connectivity index is 1.63. The zero-order valence-corrected chi connectivity index (χ0v) is 10.7. The number of hydrogen-bond acceptors (Lipinski definition) is 5. The molecule has 0 aromatic carbocycles. The number of carbonyl (C=O) groups excluding carboxylic acids is 1. The molecule has 98 valence electrons. The van der Waals surface area contributed by atoms with E-state index in [0.29, 0.717) is 11.3 Å². The molecule has 2 saturated heterocycles. The molecule has 2 aliphatic rings. The van der Waals surface area contributed by atoms with E-state index in [1.54, 1.807) is 0 Å². The minimum absolute atomic E-state index is 0.0917. The maximum atomic E-state index is 12.1. The molecule has 3 heterocycles. The molecule has 0 radical (unpaired) electrons. The van der Waals surface area contributed by atoms with Gasteiger partial charge in [-0.15, -0.1) is 0 Å². The number of amides is 1. The van der Waals surface area contributed by atoms with Crippen molar-refractivity contribution in [2.24, 2.45) is 5.41 Å². The van der Waals surface area contributed by atoms with Crippen LogP contribution in [0.25, 0.3) is 0 Å². The summed E-state index contributed by atoms with van der Waals surface area (Å²) in [6, 6.07) is 1.54. The van der Waals surface area contributed by atoms with E-state index in [9.17, 15) is 4.79 Å². The molecule has 0 bridgehead atoms. The van der Waals surface area contributed by atoms with Crippen molar-refractivity contribution < 1.29 is 14.1 Å². The number of aromatic nitrogens is 1. The Morgan fingerprint density at radius 1 is 1.50 bits per heavy atom. The van der Waals surface area contributed by atoms with Gasteiger partial charge in [-0.25, -0.2) is 0 Å². The Bertz CT molecular complexity index is 465. The Hall–Kier alpha value is -1.56. The fourth-order valence-electron chi connectivity index (χ4n) is 2.94. The van der Waals surface area contributed by atoms with Crippen LogP contribution in [0.2, 0.25) is 0 Å². The standard InChI is InChI=1S/C12H17N3O3/c1-14-4-3-12(6-14)7-15(8-12)11(16)9-5-10(17-2)13-18-9/h5H,3-4,6-8H2,1-2H3. The van der Waals surface area contributed by atoms with E-state index in [-0.39, 0.29) is 11.7 Å². The third-order valence-electron chi connectivity index (χ3n) is 3.88. The smallest absolute Gasteiger partial charge is 0.292 e. The summed E-state index contributed by atoms with van der Waals surface area (Å²) in [5.74, 6) is 0.508. The molecule has 3 rings (SSSR count). The van der Waals surface area contributed by atoms with Gasteiger partial charge in [0.05, 0.1) is 13.2 Å². The molecule has 18 heavy (non-hydrogen) atoms. The lowest BCUT2D eigenvalue weighted by molar-refractivity contribution is 0.00876. The average molecular weight is 251 g/mol. The Kier molecular flexibility index (Phi) is 2.55. The predicted molar refractivity (Wildman–Crippen MR) is 63.5 cm³/mol. The first-order valence-corrected chi connectivity index (χ1v) is 6.10. The van der Waals surface area contributed by atoms with Crippen LogP contribution in [0.1, 0.15) is 17.0 Å². The van der Waals surface area contributed by atoms with Gasteiger partial charge in [0, 0.05) is 25.0 Å². The van der Waals surface area contributed by atoms with E-state index in [1.165, 1.54) is 19.6 Å². The predicted octanol–water partition coefficient (Wildman–Crippen LogP) is 0.461. The molecule has 0 unspecified atom stereocenters. The second kappa shape index (κ2) is 3.98. The molecular formula is C12H17N3O3. The summed E-state index contributed by atoms with van der Waals surface area (Å²) in [5.41, 5.74) is 0.314. The largest absolute Gasteiger partial charge is 0.479 e. The molecule has 6 heteroatoms. The van der Waals surface area contributed by atoms with Gasteiger partial charge >= 0.3 is 0 Å². The number of likely N-dealkylation sites (tertiary alicyclic amines) is 2. The van der Waals surface area contributed by atoms with Crippen molar-refractivity contribution in [2.75, 3.05) is 40.3 Å². The summed E-state index contributed by atoms with van der Waals surface area (Å²) in [7, 11) is 3.62. The third-order valence-corrected chi connectivity index (χ3v) is 3.88. The minimum Gasteiger partial charge on any atom is -0.479 e. The van der Waals surface area contributed by atoms with Crippen molar-refractivity contribution >= 4 is 5.91 Å². The molecule has 2 aliphatic heterocycles. The lowest BCUT2D eigenvalue weighted by Crippen LogP contribution is -2.59. The van der Waals surface area contributed by atoms with Crippen LogP contribution in [-0.2, 0) is 0 Å². The topological polar surface area (TPSA) is 58.8 Å². The highest BCUT2D eigenvalue weighted by molar-refractivity contribution is 5.92. The van der Waals surface area contributed by atoms with Crippen LogP contribution in [0.4, 0.5) is 0 Å². The quantitative estimate of drug-likeness (QED) is 0.764. The molecule has 1 aromatic heterocycles. The zero-order chi connectivity index (χ0) is 12.8. The summed E-state index contributed by atoms with van der Waals surface area (Å²) in [4.78, 5) is 16.2. The molecule has 1 spiro atoms. The molecule has 1 aromatic rings. The molecule has 0 saturated carbocycles. The van der Waals surface area contributed by atoms with E-state index in [0.717, 1.165) is 26.2 Å². The number of methoxy groups -OCH3 is 1. The van der Waals surface area contributed by atoms with E-state index in [4.69, 9.17) is 9.26 Å². The van der Waals surface area contributed by atoms with Gasteiger partial charge in [-0.1, -0.05) is 0 Å². The molecule has 6 nitrogen and oxygen atoms in total. The van der Waals surface area contributed by atoms with Crippen molar-refractivity contribution in [2.45, 2.75) is 6.42 Å². The van der Waals surface area contributed by atoms with Crippen LogP contribution in [0, 0.1) is 5.41 Å². The molecule has 0 N–H and O–H groups in total. The molecule has 2 fully saturated rings. The third kappa shape index (κ3) is 1.77. The second-order valence-electron chi connectivity index (χ2n) is 5.38. The maximum Gasteiger partial charge on any atom is 0.292 e. The lowest BCUT2D eigenvalue weighted by atomic mass is 9.79. The zero-order valence-electron chi connectivity index (χ0n) is 10.7. The van der Waals surface area contributed by atoms with E-state index in [1.807, 2.05) is 4.90 Å². The number of rotatable bonds is 2. The SMILES string of the molecule is COc1cc(C(=O)N2CC3(CCN(C)C3)C2)on1. The van der Waals surface area contributed by atoms with Crippen molar-refractivity contribution in [3.05, 3.63) is 11.8 Å². The van der Waals surface area contributed by atoms with Gasteiger partial charge in [0.1, 0.15) is 0 Å². The van der Waals surface area contributed by atoms with Crippen LogP contribution in [0.15, 0.2) is 10.6 Å². The summed E-state index contributed by atoms with van der Waals surface area (Å²) in [5, 5.41) is 3.64. The van der Waals surface area contributed by atoms with Gasteiger partial charge in [-0.05, 0) is 25.2 Å². The number of nitrogens with zero attached hydrogens (tertiary/aromatic N) is 3. The molecule has 0 aliphatic carbocycles. The van der Waals surface area contributed by atoms with Gasteiger partial charge in [0.25, 0.3) is 11.8 Å². The van der Waals surface area contributed by atoms with Crippen molar-refractivity contribution in [3.63, 3.8) is 0 Å². The fraction of sp³-hybridized carbons (Fsp3) is 0.667. The first-order chi connectivity index (χ1) is 8.62. The van der Waals surface area contributed by atoms with Crippen LogP contribution in [-0.4, -0.2) is 61.2 Å². The highest BCUT2D eigenvalue weighted by Gasteiger charge is 2.49. The molecule has 0 atom stereocenters. The van der Waals surface area contributed by atoms with Crippen molar-refractivity contribution in [1.29, 1.82) is 0 Å². The second-order valence-corrected chi connectivity index (χ2v) is 5.38. The minimum atomic E-state index is -0.0917. The number of hydrogen-bond donors (Lipinski definition) is 0. The van der Waals surface area contributed by atoms with Gasteiger partial charge in [-0.3, -0.25) is 4.79 Å². The summed E-state index contributed by atoms with van der Waals surface area (Å²) < 4.78 is 9.87. The lowest BCUT2D eigenvalue weighted by Gasteiger charge is -2.47. The van der Waals surface area contributed by atoms with Gasteiger partial charge in [0.2, 0.25) is 5.76 Å². The summed E-state index contributed by atoms with van der Waals surface area (Å²) in [6.07, 6.45) is 1.17. The first kappa shape index (κ1) is 11.5. The van der Waals surface area contributed by atoms with Crippen LogP contribution >= 0.6 is 0 Å². The van der Waals surface area contributed by atoms with Crippen LogP contribution in [0.3, 0.4) is 0 Å². The molecular weight excluding hydrogens is 234 g/mol. The highest BCUT2D eigenvalue weighted by Crippen LogP contribution is 2.39. The van der Waals surface area contributed by atoms with E-state index >= 15 is 0 Å². The van der Waals surface area contributed by atoms with Gasteiger partial charge < -0.3 is 19.1 Å². The maximum absolute atomic E-state index is 12.1. The van der Waals surface area contributed by atoms with Gasteiger partial charge in [-0.2, -0.15) is 0 Å². The first-order valence-electron chi connectivity index (χ1n) is 6.10. The van der Waals surface area contributed by atoms with Crippen LogP contribution < -0.4 is 4.74 Å².